The third kappa shape index (κ3) is 5.54. The predicted octanol–water partition coefficient (Wildman–Crippen LogP) is 5.95. The van der Waals surface area contributed by atoms with Crippen molar-refractivity contribution in [2.24, 2.45) is 4.99 Å². The van der Waals surface area contributed by atoms with E-state index < -0.39 is 12.0 Å². The Kier molecular flexibility index (Phi) is 7.96. The maximum Gasteiger partial charge on any atom is 0.338 e. The van der Waals surface area contributed by atoms with Crippen LogP contribution in [0.1, 0.15) is 29.7 Å². The molecule has 1 atom stereocenters. The lowest BCUT2D eigenvalue weighted by atomic mass is 9.96. The zero-order chi connectivity index (χ0) is 27.7. The second-order valence-electron chi connectivity index (χ2n) is 8.69. The lowest BCUT2D eigenvalue weighted by Gasteiger charge is -2.24. The Hall–Kier alpha value is -3.36. The SMILES string of the molecule is COC(=O)C1=C(C)N=c2s/c(=C\c3ccccc3OCc3ccc(Cl)cc3Cl)c(=O)n2[C@@H]1c1ccc(Cl)cc1. The molecule has 5 rings (SSSR count). The normalized spacial score (nSPS) is 15.1. The molecule has 3 aromatic carbocycles. The molecular weight excluding hydrogens is 579 g/mol. The highest BCUT2D eigenvalue weighted by Gasteiger charge is 2.33. The van der Waals surface area contributed by atoms with Gasteiger partial charge in [-0.2, -0.15) is 0 Å². The van der Waals surface area contributed by atoms with Crippen LogP contribution in [0.5, 0.6) is 5.75 Å². The fourth-order valence-corrected chi connectivity index (χ4v) is 5.95. The molecule has 0 radical (unpaired) electrons. The number of ether oxygens (including phenoxy) is 2. The van der Waals surface area contributed by atoms with Crippen molar-refractivity contribution in [2.45, 2.75) is 19.6 Å². The minimum Gasteiger partial charge on any atom is -0.488 e. The Morgan fingerprint density at radius 3 is 2.49 bits per heavy atom. The van der Waals surface area contributed by atoms with Crippen molar-refractivity contribution in [1.82, 2.24) is 4.57 Å². The van der Waals surface area contributed by atoms with Gasteiger partial charge >= 0.3 is 5.97 Å². The van der Waals surface area contributed by atoms with Gasteiger partial charge in [-0.05, 0) is 48.9 Å². The Balaban J connectivity index is 1.59. The number of esters is 1. The summed E-state index contributed by atoms with van der Waals surface area (Å²) in [4.78, 5) is 31.7. The predicted molar refractivity (Wildman–Crippen MR) is 154 cm³/mol. The number of fused-ring (bicyclic) bond motifs is 1. The topological polar surface area (TPSA) is 69.9 Å². The van der Waals surface area contributed by atoms with Crippen LogP contribution in [0, 0.1) is 0 Å². The van der Waals surface area contributed by atoms with Crippen LogP contribution in [0.4, 0.5) is 0 Å². The minimum absolute atomic E-state index is 0.223. The second-order valence-corrected chi connectivity index (χ2v) is 11.0. The Bertz CT molecular complexity index is 1790. The van der Waals surface area contributed by atoms with Crippen molar-refractivity contribution in [3.63, 3.8) is 0 Å². The van der Waals surface area contributed by atoms with Crippen LogP contribution in [0.2, 0.25) is 15.1 Å². The summed E-state index contributed by atoms with van der Waals surface area (Å²) in [7, 11) is 1.31. The number of allylic oxidation sites excluding steroid dienone is 1. The molecule has 0 unspecified atom stereocenters. The monoisotopic (exact) mass is 598 g/mol. The molecule has 0 aliphatic carbocycles. The molecule has 2 heterocycles. The molecule has 10 heteroatoms. The fraction of sp³-hybridized carbons (Fsp3) is 0.138. The number of rotatable bonds is 6. The minimum atomic E-state index is -0.716. The van der Waals surface area contributed by atoms with Gasteiger partial charge in [-0.1, -0.05) is 82.5 Å². The molecule has 39 heavy (non-hydrogen) atoms. The van der Waals surface area contributed by atoms with Crippen LogP contribution in [-0.2, 0) is 16.1 Å². The van der Waals surface area contributed by atoms with E-state index in [1.165, 1.54) is 23.0 Å². The molecule has 1 aliphatic heterocycles. The van der Waals surface area contributed by atoms with E-state index in [-0.39, 0.29) is 12.2 Å². The number of carbonyl (C=O) groups excluding carboxylic acids is 1. The summed E-state index contributed by atoms with van der Waals surface area (Å²) in [5.74, 6) is 0.0279. The highest BCUT2D eigenvalue weighted by Crippen LogP contribution is 2.31. The average Bonchev–Trinajstić information content (AvgIpc) is 3.22. The van der Waals surface area contributed by atoms with E-state index in [1.54, 1.807) is 49.4 Å². The Morgan fingerprint density at radius 2 is 1.77 bits per heavy atom. The lowest BCUT2D eigenvalue weighted by molar-refractivity contribution is -0.136. The third-order valence-electron chi connectivity index (χ3n) is 6.22. The van der Waals surface area contributed by atoms with Crippen molar-refractivity contribution in [3.05, 3.63) is 129 Å². The number of benzene rings is 3. The molecule has 1 aromatic heterocycles. The number of carbonyl (C=O) groups is 1. The lowest BCUT2D eigenvalue weighted by Crippen LogP contribution is -2.39. The molecule has 0 fully saturated rings. The van der Waals surface area contributed by atoms with Crippen LogP contribution >= 0.6 is 46.1 Å². The molecule has 0 saturated carbocycles. The van der Waals surface area contributed by atoms with Gasteiger partial charge in [0.2, 0.25) is 0 Å². The van der Waals surface area contributed by atoms with Gasteiger partial charge in [-0.15, -0.1) is 0 Å². The molecule has 0 spiro atoms. The number of halogens is 3. The molecule has 6 nitrogen and oxygen atoms in total. The quantitative estimate of drug-likeness (QED) is 0.257. The van der Waals surface area contributed by atoms with E-state index in [1.807, 2.05) is 30.3 Å². The van der Waals surface area contributed by atoms with E-state index in [4.69, 9.17) is 44.3 Å². The van der Waals surface area contributed by atoms with Crippen molar-refractivity contribution >= 4 is 58.2 Å². The van der Waals surface area contributed by atoms with Gasteiger partial charge in [0.25, 0.3) is 5.56 Å². The highest BCUT2D eigenvalue weighted by atomic mass is 35.5. The first-order valence-electron chi connectivity index (χ1n) is 11.8. The van der Waals surface area contributed by atoms with E-state index >= 15 is 0 Å². The van der Waals surface area contributed by atoms with Crippen molar-refractivity contribution in [3.8, 4) is 5.75 Å². The van der Waals surface area contributed by atoms with Crippen molar-refractivity contribution < 1.29 is 14.3 Å². The van der Waals surface area contributed by atoms with Gasteiger partial charge in [-0.3, -0.25) is 9.36 Å². The molecule has 1 aliphatic rings. The van der Waals surface area contributed by atoms with Crippen LogP contribution in [0.25, 0.3) is 6.08 Å². The average molecular weight is 600 g/mol. The zero-order valence-corrected chi connectivity index (χ0v) is 23.9. The first-order chi connectivity index (χ1) is 18.8. The standard InChI is InChI=1S/C29H21Cl3N2O4S/c1-16-25(28(36)37-2)26(17-7-10-20(30)11-8-17)34-27(35)24(39-29(34)33-16)13-18-5-3-4-6-23(18)38-15-19-9-12-21(31)14-22(19)32/h3-14,26H,15H2,1-2H3/b24-13-/t26-/m1/s1. The molecule has 0 bridgehead atoms. The van der Waals surface area contributed by atoms with Crippen LogP contribution in [0.3, 0.4) is 0 Å². The van der Waals surface area contributed by atoms with E-state index in [2.05, 4.69) is 4.99 Å². The number of hydrogen-bond acceptors (Lipinski definition) is 6. The van der Waals surface area contributed by atoms with Gasteiger partial charge in [0.05, 0.1) is 29.0 Å². The molecular formula is C29H21Cl3N2O4S. The van der Waals surface area contributed by atoms with Gasteiger partial charge in [0, 0.05) is 26.2 Å². The van der Waals surface area contributed by atoms with Crippen LogP contribution in [0.15, 0.2) is 87.8 Å². The second kappa shape index (κ2) is 11.4. The summed E-state index contributed by atoms with van der Waals surface area (Å²) in [5, 5.41) is 1.59. The number of methoxy groups -OCH3 is 1. The number of aromatic nitrogens is 1. The fourth-order valence-electron chi connectivity index (χ4n) is 4.32. The van der Waals surface area contributed by atoms with Crippen molar-refractivity contribution in [1.29, 1.82) is 0 Å². The molecule has 0 amide bonds. The number of para-hydroxylation sites is 1. The Labute approximate surface area is 243 Å². The molecule has 0 saturated heterocycles. The first kappa shape index (κ1) is 27.2. The summed E-state index contributed by atoms with van der Waals surface area (Å²) < 4.78 is 13.1. The molecule has 4 aromatic rings. The summed E-state index contributed by atoms with van der Waals surface area (Å²) in [6.45, 7) is 1.96. The van der Waals surface area contributed by atoms with Crippen LogP contribution in [-0.4, -0.2) is 17.6 Å². The number of nitrogens with zero attached hydrogens (tertiary/aromatic N) is 2. The van der Waals surface area contributed by atoms with Gasteiger partial charge in [0.15, 0.2) is 4.80 Å². The molecule has 198 valence electrons. The van der Waals surface area contributed by atoms with E-state index in [0.29, 0.717) is 52.5 Å². The Morgan fingerprint density at radius 1 is 1.05 bits per heavy atom. The first-order valence-corrected chi connectivity index (χ1v) is 13.7. The largest absolute Gasteiger partial charge is 0.488 e. The van der Waals surface area contributed by atoms with E-state index in [9.17, 15) is 9.59 Å². The number of thiazole rings is 1. The van der Waals surface area contributed by atoms with Crippen molar-refractivity contribution in [2.75, 3.05) is 7.11 Å². The van der Waals surface area contributed by atoms with Gasteiger partial charge in [-0.25, -0.2) is 9.79 Å². The zero-order valence-electron chi connectivity index (χ0n) is 20.8. The molecule has 0 N–H and O–H groups in total. The smallest absolute Gasteiger partial charge is 0.338 e. The van der Waals surface area contributed by atoms with E-state index in [0.717, 1.165) is 5.56 Å². The van der Waals surface area contributed by atoms with Gasteiger partial charge < -0.3 is 9.47 Å². The number of hydrogen-bond donors (Lipinski definition) is 0. The van der Waals surface area contributed by atoms with Gasteiger partial charge in [0.1, 0.15) is 12.4 Å². The summed E-state index contributed by atoms with van der Waals surface area (Å²) in [6, 6.07) is 18.9. The maximum atomic E-state index is 13.8. The van der Waals surface area contributed by atoms with Crippen LogP contribution < -0.4 is 19.6 Å². The third-order valence-corrected chi connectivity index (χ3v) is 8.04. The highest BCUT2D eigenvalue weighted by molar-refractivity contribution is 7.07. The summed E-state index contributed by atoms with van der Waals surface area (Å²) in [5.41, 5.74) is 2.69. The summed E-state index contributed by atoms with van der Waals surface area (Å²) >= 11 is 19.7. The maximum absolute atomic E-state index is 13.8. The summed E-state index contributed by atoms with van der Waals surface area (Å²) in [6.07, 6.45) is 1.76.